The van der Waals surface area contributed by atoms with Gasteiger partial charge in [0.2, 0.25) is 0 Å². The Labute approximate surface area is 117 Å². The van der Waals surface area contributed by atoms with Gasteiger partial charge in [0.05, 0.1) is 11.7 Å². The summed E-state index contributed by atoms with van der Waals surface area (Å²) in [7, 11) is 2.05. The van der Waals surface area contributed by atoms with Crippen LogP contribution in [-0.4, -0.2) is 12.0 Å². The van der Waals surface area contributed by atoms with Crippen LogP contribution in [-0.2, 0) is 12.8 Å². The maximum absolute atomic E-state index is 4.98. The Balaban J connectivity index is 1.70. The maximum atomic E-state index is 4.98. The molecule has 1 N–H and O–H groups in total. The van der Waals surface area contributed by atoms with E-state index >= 15 is 0 Å². The van der Waals surface area contributed by atoms with E-state index in [9.17, 15) is 0 Å². The number of hydrogen-bond donors (Lipinski definition) is 1. The van der Waals surface area contributed by atoms with Gasteiger partial charge in [-0.2, -0.15) is 0 Å². The molecular weight excluding hydrogens is 252 g/mol. The van der Waals surface area contributed by atoms with E-state index < -0.39 is 0 Å². The molecule has 3 heteroatoms. The number of nitrogens with zero attached hydrogens (tertiary/aromatic N) is 1. The fraction of sp³-hybridized carbons (Fsp3) is 0.438. The second-order valence-electron chi connectivity index (χ2n) is 5.55. The molecule has 0 saturated heterocycles. The van der Waals surface area contributed by atoms with Crippen molar-refractivity contribution in [3.63, 3.8) is 0 Å². The second kappa shape index (κ2) is 4.43. The molecule has 2 aliphatic rings. The summed E-state index contributed by atoms with van der Waals surface area (Å²) in [5.74, 6) is 0.560. The SMILES string of the molecule is CNC1CCCc2sc(C3Cc4ccccc43)nc21. The van der Waals surface area contributed by atoms with Crippen molar-refractivity contribution in [3.8, 4) is 0 Å². The van der Waals surface area contributed by atoms with Gasteiger partial charge in [0.1, 0.15) is 5.01 Å². The van der Waals surface area contributed by atoms with E-state index in [1.54, 1.807) is 0 Å². The molecule has 0 saturated carbocycles. The molecule has 2 atom stereocenters. The average molecular weight is 270 g/mol. The molecule has 1 aromatic carbocycles. The third kappa shape index (κ3) is 1.76. The van der Waals surface area contributed by atoms with Gasteiger partial charge in [-0.25, -0.2) is 4.98 Å². The number of benzene rings is 1. The lowest BCUT2D eigenvalue weighted by Gasteiger charge is -2.28. The summed E-state index contributed by atoms with van der Waals surface area (Å²) in [5.41, 5.74) is 4.33. The Hall–Kier alpha value is -1.19. The normalized spacial score (nSPS) is 24.5. The van der Waals surface area contributed by atoms with Gasteiger partial charge in [-0.1, -0.05) is 24.3 Å². The predicted molar refractivity (Wildman–Crippen MR) is 78.8 cm³/mol. The van der Waals surface area contributed by atoms with Crippen molar-refractivity contribution in [2.75, 3.05) is 7.05 Å². The Bertz CT molecular complexity index is 617. The van der Waals surface area contributed by atoms with Crippen LogP contribution in [0, 0.1) is 0 Å². The quantitative estimate of drug-likeness (QED) is 0.904. The Morgan fingerprint density at radius 1 is 1.32 bits per heavy atom. The standard InChI is InChI=1S/C16H18N2S/c1-17-13-7-4-8-14-15(13)18-16(19-14)12-9-10-5-2-3-6-11(10)12/h2-3,5-6,12-13,17H,4,7-9H2,1H3. The molecule has 0 radical (unpaired) electrons. The first-order valence-electron chi connectivity index (χ1n) is 7.11. The zero-order valence-corrected chi connectivity index (χ0v) is 12.0. The van der Waals surface area contributed by atoms with E-state index in [-0.39, 0.29) is 0 Å². The van der Waals surface area contributed by atoms with Crippen molar-refractivity contribution in [1.29, 1.82) is 0 Å². The van der Waals surface area contributed by atoms with E-state index in [0.717, 1.165) is 0 Å². The zero-order valence-electron chi connectivity index (χ0n) is 11.1. The molecule has 19 heavy (non-hydrogen) atoms. The third-order valence-corrected chi connectivity index (χ3v) is 5.72. The average Bonchev–Trinajstić information content (AvgIpc) is 2.83. The molecule has 2 unspecified atom stereocenters. The van der Waals surface area contributed by atoms with Crippen molar-refractivity contribution in [3.05, 3.63) is 51.0 Å². The molecule has 98 valence electrons. The summed E-state index contributed by atoms with van der Waals surface area (Å²) < 4.78 is 0. The minimum absolute atomic E-state index is 0.476. The molecule has 2 aliphatic carbocycles. The first-order chi connectivity index (χ1) is 9.36. The Morgan fingerprint density at radius 2 is 2.21 bits per heavy atom. The highest BCUT2D eigenvalue weighted by atomic mass is 32.1. The monoisotopic (exact) mass is 270 g/mol. The van der Waals surface area contributed by atoms with Crippen molar-refractivity contribution in [1.82, 2.24) is 10.3 Å². The van der Waals surface area contributed by atoms with Crippen molar-refractivity contribution in [2.45, 2.75) is 37.6 Å². The highest BCUT2D eigenvalue weighted by Gasteiger charge is 2.32. The van der Waals surface area contributed by atoms with Gasteiger partial charge in [0.15, 0.2) is 0 Å². The first-order valence-corrected chi connectivity index (χ1v) is 7.93. The summed E-state index contributed by atoms with van der Waals surface area (Å²) in [4.78, 5) is 6.50. The number of aromatic nitrogens is 1. The fourth-order valence-corrected chi connectivity index (χ4v) is 4.63. The van der Waals surface area contributed by atoms with Crippen molar-refractivity contribution >= 4 is 11.3 Å². The molecule has 0 bridgehead atoms. The lowest BCUT2D eigenvalue weighted by molar-refractivity contribution is 0.488. The summed E-state index contributed by atoms with van der Waals surface area (Å²) in [6.45, 7) is 0. The van der Waals surface area contributed by atoms with Gasteiger partial charge in [-0.15, -0.1) is 11.3 Å². The predicted octanol–water partition coefficient (Wildman–Crippen LogP) is 3.43. The lowest BCUT2D eigenvalue weighted by Crippen LogP contribution is -2.21. The minimum atomic E-state index is 0.476. The molecule has 0 aliphatic heterocycles. The molecule has 0 fully saturated rings. The molecule has 1 aromatic heterocycles. The van der Waals surface area contributed by atoms with Crippen LogP contribution in [0.15, 0.2) is 24.3 Å². The topological polar surface area (TPSA) is 24.9 Å². The van der Waals surface area contributed by atoms with E-state index in [0.29, 0.717) is 12.0 Å². The highest BCUT2D eigenvalue weighted by molar-refractivity contribution is 7.11. The summed E-state index contributed by atoms with van der Waals surface area (Å²) >= 11 is 1.95. The smallest absolute Gasteiger partial charge is 0.101 e. The van der Waals surface area contributed by atoms with E-state index in [2.05, 4.69) is 36.6 Å². The molecular formula is C16H18N2S. The van der Waals surface area contributed by atoms with Crippen LogP contribution in [0.2, 0.25) is 0 Å². The van der Waals surface area contributed by atoms with Crippen LogP contribution in [0.25, 0.3) is 0 Å². The van der Waals surface area contributed by atoms with Gasteiger partial charge >= 0.3 is 0 Å². The van der Waals surface area contributed by atoms with Crippen molar-refractivity contribution in [2.24, 2.45) is 0 Å². The summed E-state index contributed by atoms with van der Waals surface area (Å²) in [6, 6.07) is 9.27. The van der Waals surface area contributed by atoms with Crippen molar-refractivity contribution < 1.29 is 0 Å². The third-order valence-electron chi connectivity index (χ3n) is 4.47. The molecule has 1 heterocycles. The van der Waals surface area contributed by atoms with Gasteiger partial charge in [0, 0.05) is 10.8 Å². The van der Waals surface area contributed by atoms with Crippen LogP contribution in [0.5, 0.6) is 0 Å². The van der Waals surface area contributed by atoms with E-state index in [1.165, 1.54) is 52.4 Å². The number of hydrogen-bond acceptors (Lipinski definition) is 3. The molecule has 2 nitrogen and oxygen atoms in total. The first kappa shape index (κ1) is 11.6. The van der Waals surface area contributed by atoms with Crippen LogP contribution in [0.1, 0.15) is 51.5 Å². The van der Waals surface area contributed by atoms with E-state index in [4.69, 9.17) is 4.98 Å². The van der Waals surface area contributed by atoms with Crippen LogP contribution in [0.3, 0.4) is 0 Å². The second-order valence-corrected chi connectivity index (χ2v) is 6.66. The van der Waals surface area contributed by atoms with E-state index in [1.807, 2.05) is 11.3 Å². The highest BCUT2D eigenvalue weighted by Crippen LogP contribution is 2.44. The number of thiazole rings is 1. The van der Waals surface area contributed by atoms with Crippen LogP contribution < -0.4 is 5.32 Å². The Kier molecular flexibility index (Phi) is 2.71. The number of nitrogens with one attached hydrogen (secondary N) is 1. The maximum Gasteiger partial charge on any atom is 0.101 e. The Morgan fingerprint density at radius 3 is 3.05 bits per heavy atom. The number of rotatable bonds is 2. The lowest BCUT2D eigenvalue weighted by atomic mass is 9.78. The zero-order chi connectivity index (χ0) is 12.8. The van der Waals surface area contributed by atoms with Gasteiger partial charge in [-0.05, 0) is 43.9 Å². The molecule has 2 aromatic rings. The summed E-state index contributed by atoms with van der Waals surface area (Å²) in [5, 5.41) is 4.75. The number of fused-ring (bicyclic) bond motifs is 2. The molecule has 0 spiro atoms. The van der Waals surface area contributed by atoms with Gasteiger partial charge in [-0.3, -0.25) is 0 Å². The summed E-state index contributed by atoms with van der Waals surface area (Å²) in [6.07, 6.45) is 4.92. The fourth-order valence-electron chi connectivity index (χ4n) is 3.35. The van der Waals surface area contributed by atoms with Crippen LogP contribution >= 0.6 is 11.3 Å². The van der Waals surface area contributed by atoms with Gasteiger partial charge < -0.3 is 5.32 Å². The minimum Gasteiger partial charge on any atom is -0.312 e. The van der Waals surface area contributed by atoms with Gasteiger partial charge in [0.25, 0.3) is 0 Å². The van der Waals surface area contributed by atoms with Crippen LogP contribution in [0.4, 0.5) is 0 Å². The molecule has 4 rings (SSSR count). The number of aryl methyl sites for hydroxylation is 1. The largest absolute Gasteiger partial charge is 0.312 e. The molecule has 0 amide bonds.